The first kappa shape index (κ1) is 15.6. The van der Waals surface area contributed by atoms with Crippen molar-refractivity contribution in [3.05, 3.63) is 35.4 Å². The van der Waals surface area contributed by atoms with E-state index in [0.717, 1.165) is 29.9 Å². The highest BCUT2D eigenvalue weighted by molar-refractivity contribution is 5.78. The molecule has 1 aliphatic carbocycles. The second kappa shape index (κ2) is 7.85. The molecule has 0 unspecified atom stereocenters. The van der Waals surface area contributed by atoms with E-state index in [9.17, 15) is 4.79 Å². The average Bonchev–Trinajstić information content (AvgIpc) is 2.52. The molecule has 0 aliphatic heterocycles. The summed E-state index contributed by atoms with van der Waals surface area (Å²) in [6, 6.07) is 7.93. The van der Waals surface area contributed by atoms with Crippen molar-refractivity contribution in [3.8, 4) is 11.8 Å². The van der Waals surface area contributed by atoms with E-state index in [4.69, 9.17) is 5.73 Å². The molecule has 1 aliphatic rings. The minimum Gasteiger partial charge on any atom is -0.352 e. The zero-order chi connectivity index (χ0) is 15.1. The van der Waals surface area contributed by atoms with Crippen LogP contribution in [0.2, 0.25) is 0 Å². The van der Waals surface area contributed by atoms with Gasteiger partial charge in [-0.1, -0.05) is 30.9 Å². The molecule has 0 bridgehead atoms. The molecule has 0 heterocycles. The van der Waals surface area contributed by atoms with Gasteiger partial charge in [-0.15, -0.1) is 0 Å². The van der Waals surface area contributed by atoms with Crippen LogP contribution >= 0.6 is 0 Å². The fraction of sp³-hybridized carbons (Fsp3) is 0.500. The molecule has 1 saturated carbocycles. The molecular weight excluding hydrogens is 260 g/mol. The molecule has 1 amide bonds. The maximum atomic E-state index is 12.2. The lowest BCUT2D eigenvalue weighted by Crippen LogP contribution is -2.32. The summed E-state index contributed by atoms with van der Waals surface area (Å²) in [5.41, 5.74) is 7.40. The average molecular weight is 284 g/mol. The Morgan fingerprint density at radius 2 is 2.10 bits per heavy atom. The molecule has 0 spiro atoms. The second-order valence-electron chi connectivity index (χ2n) is 5.88. The highest BCUT2D eigenvalue weighted by atomic mass is 16.1. The Bertz CT molecular complexity index is 534. The number of amides is 1. The number of rotatable bonds is 3. The Morgan fingerprint density at radius 3 is 2.81 bits per heavy atom. The van der Waals surface area contributed by atoms with Crippen molar-refractivity contribution < 1.29 is 4.79 Å². The van der Waals surface area contributed by atoms with Crippen LogP contribution in [-0.2, 0) is 11.3 Å². The molecule has 2 rings (SSSR count). The molecule has 0 saturated heterocycles. The molecule has 1 fully saturated rings. The first-order chi connectivity index (χ1) is 10.2. The Kier molecular flexibility index (Phi) is 5.83. The number of benzene rings is 1. The van der Waals surface area contributed by atoms with Gasteiger partial charge in [0.25, 0.3) is 0 Å². The zero-order valence-electron chi connectivity index (χ0n) is 12.7. The van der Waals surface area contributed by atoms with Gasteiger partial charge in [-0.2, -0.15) is 0 Å². The van der Waals surface area contributed by atoms with Crippen LogP contribution < -0.4 is 11.1 Å². The zero-order valence-corrected chi connectivity index (χ0v) is 12.7. The van der Waals surface area contributed by atoms with Gasteiger partial charge >= 0.3 is 0 Å². The summed E-state index contributed by atoms with van der Waals surface area (Å²) in [4.78, 5) is 12.2. The standard InChI is InChI=1S/C18H24N2O/c1-14-7-9-17(10-8-14)18(21)20-13-16-5-2-4-15(12-16)6-3-11-19/h2,4-5,12,14,17H,7-11,13,19H2,1H3,(H,20,21). The number of nitrogens with two attached hydrogens (primary N) is 1. The molecule has 3 N–H and O–H groups in total. The van der Waals surface area contributed by atoms with Crippen LogP contribution in [0.1, 0.15) is 43.7 Å². The van der Waals surface area contributed by atoms with E-state index < -0.39 is 0 Å². The van der Waals surface area contributed by atoms with Crippen molar-refractivity contribution in [1.82, 2.24) is 5.32 Å². The lowest BCUT2D eigenvalue weighted by Gasteiger charge is -2.25. The van der Waals surface area contributed by atoms with E-state index in [-0.39, 0.29) is 11.8 Å². The van der Waals surface area contributed by atoms with Crippen LogP contribution in [-0.4, -0.2) is 12.5 Å². The number of hydrogen-bond donors (Lipinski definition) is 2. The molecular formula is C18H24N2O. The number of hydrogen-bond acceptors (Lipinski definition) is 2. The van der Waals surface area contributed by atoms with Gasteiger partial charge in [0.1, 0.15) is 0 Å². The number of carbonyl (C=O) groups excluding carboxylic acids is 1. The third-order valence-electron chi connectivity index (χ3n) is 4.12. The Morgan fingerprint density at radius 1 is 1.33 bits per heavy atom. The second-order valence-corrected chi connectivity index (χ2v) is 5.88. The van der Waals surface area contributed by atoms with Crippen molar-refractivity contribution in [2.75, 3.05) is 6.54 Å². The predicted molar refractivity (Wildman–Crippen MR) is 85.3 cm³/mol. The quantitative estimate of drug-likeness (QED) is 0.838. The van der Waals surface area contributed by atoms with Crippen LogP contribution in [0.3, 0.4) is 0 Å². The van der Waals surface area contributed by atoms with Crippen molar-refractivity contribution in [3.63, 3.8) is 0 Å². The van der Waals surface area contributed by atoms with Gasteiger partial charge in [-0.3, -0.25) is 4.79 Å². The van der Waals surface area contributed by atoms with E-state index in [2.05, 4.69) is 24.1 Å². The molecule has 1 aromatic carbocycles. The fourth-order valence-corrected chi connectivity index (χ4v) is 2.77. The topological polar surface area (TPSA) is 55.1 Å². The smallest absolute Gasteiger partial charge is 0.223 e. The van der Waals surface area contributed by atoms with Gasteiger partial charge < -0.3 is 11.1 Å². The van der Waals surface area contributed by atoms with Gasteiger partial charge in [0.05, 0.1) is 6.54 Å². The van der Waals surface area contributed by atoms with E-state index >= 15 is 0 Å². The Labute approximate surface area is 127 Å². The first-order valence-corrected chi connectivity index (χ1v) is 7.74. The van der Waals surface area contributed by atoms with Crippen LogP contribution in [0, 0.1) is 23.7 Å². The maximum absolute atomic E-state index is 12.2. The lowest BCUT2D eigenvalue weighted by atomic mass is 9.82. The van der Waals surface area contributed by atoms with Crippen LogP contribution in [0.25, 0.3) is 0 Å². The van der Waals surface area contributed by atoms with Crippen LogP contribution in [0.5, 0.6) is 0 Å². The highest BCUT2D eigenvalue weighted by Gasteiger charge is 2.23. The largest absolute Gasteiger partial charge is 0.352 e. The Balaban J connectivity index is 1.86. The van der Waals surface area contributed by atoms with Gasteiger partial charge in [0.2, 0.25) is 5.91 Å². The molecule has 112 valence electrons. The first-order valence-electron chi connectivity index (χ1n) is 7.74. The normalized spacial score (nSPS) is 21.2. The molecule has 21 heavy (non-hydrogen) atoms. The van der Waals surface area contributed by atoms with E-state index in [1.165, 1.54) is 12.8 Å². The molecule has 1 aromatic rings. The molecule has 0 radical (unpaired) electrons. The molecule has 3 nitrogen and oxygen atoms in total. The van der Waals surface area contributed by atoms with Crippen molar-refractivity contribution in [2.24, 2.45) is 17.6 Å². The third kappa shape index (κ3) is 4.91. The summed E-state index contributed by atoms with van der Waals surface area (Å²) >= 11 is 0. The third-order valence-corrected chi connectivity index (χ3v) is 4.12. The highest BCUT2D eigenvalue weighted by Crippen LogP contribution is 2.28. The lowest BCUT2D eigenvalue weighted by molar-refractivity contribution is -0.126. The van der Waals surface area contributed by atoms with Crippen LogP contribution in [0.4, 0.5) is 0 Å². The number of carbonyl (C=O) groups is 1. The predicted octanol–water partition coefficient (Wildman–Crippen LogP) is 2.44. The molecule has 0 aromatic heterocycles. The minimum atomic E-state index is 0.195. The summed E-state index contributed by atoms with van der Waals surface area (Å²) in [5.74, 6) is 7.02. The monoisotopic (exact) mass is 284 g/mol. The number of nitrogens with one attached hydrogen (secondary N) is 1. The van der Waals surface area contributed by atoms with Crippen molar-refractivity contribution in [2.45, 2.75) is 39.2 Å². The summed E-state index contributed by atoms with van der Waals surface area (Å²) in [6.07, 6.45) is 4.38. The van der Waals surface area contributed by atoms with Gasteiger partial charge in [-0.25, -0.2) is 0 Å². The Hall–Kier alpha value is -1.79. The van der Waals surface area contributed by atoms with E-state index in [1.54, 1.807) is 0 Å². The summed E-state index contributed by atoms with van der Waals surface area (Å²) in [5, 5.41) is 3.05. The fourth-order valence-electron chi connectivity index (χ4n) is 2.77. The maximum Gasteiger partial charge on any atom is 0.223 e. The molecule has 0 atom stereocenters. The van der Waals surface area contributed by atoms with Crippen molar-refractivity contribution in [1.29, 1.82) is 0 Å². The van der Waals surface area contributed by atoms with Gasteiger partial charge in [0, 0.05) is 18.0 Å². The molecule has 3 heteroatoms. The minimum absolute atomic E-state index is 0.195. The summed E-state index contributed by atoms with van der Waals surface area (Å²) < 4.78 is 0. The van der Waals surface area contributed by atoms with Crippen molar-refractivity contribution >= 4 is 5.91 Å². The van der Waals surface area contributed by atoms with Crippen LogP contribution in [0.15, 0.2) is 24.3 Å². The van der Waals surface area contributed by atoms with E-state index in [0.29, 0.717) is 13.1 Å². The summed E-state index contributed by atoms with van der Waals surface area (Å²) in [6.45, 7) is 3.20. The van der Waals surface area contributed by atoms with Gasteiger partial charge in [-0.05, 0) is 49.3 Å². The van der Waals surface area contributed by atoms with Gasteiger partial charge in [0.15, 0.2) is 0 Å². The van der Waals surface area contributed by atoms with E-state index in [1.807, 2.05) is 24.3 Å². The SMILES string of the molecule is CC1CCC(C(=O)NCc2cccc(C#CCN)c2)CC1. The summed E-state index contributed by atoms with van der Waals surface area (Å²) in [7, 11) is 0.